The van der Waals surface area contributed by atoms with E-state index in [-0.39, 0.29) is 18.9 Å². The second-order valence-corrected chi connectivity index (χ2v) is 4.64. The third-order valence-corrected chi connectivity index (χ3v) is 2.85. The summed E-state index contributed by atoms with van der Waals surface area (Å²) in [5.41, 5.74) is 0.224. The van der Waals surface area contributed by atoms with Crippen molar-refractivity contribution in [2.45, 2.75) is 18.9 Å². The van der Waals surface area contributed by atoms with Crippen LogP contribution >= 0.6 is 0 Å². The van der Waals surface area contributed by atoms with Crippen LogP contribution < -0.4 is 0 Å². The average molecular weight is 253 g/mol. The molecule has 98 valence electrons. The van der Waals surface area contributed by atoms with Gasteiger partial charge >= 0.3 is 5.97 Å². The van der Waals surface area contributed by atoms with E-state index >= 15 is 0 Å². The zero-order valence-corrected chi connectivity index (χ0v) is 10.0. The fourth-order valence-corrected chi connectivity index (χ4v) is 1.92. The lowest BCUT2D eigenvalue weighted by molar-refractivity contribution is -0.172. The number of aliphatic carboxylic acids is 1. The molecule has 0 saturated carbocycles. The molecular weight excluding hydrogens is 238 g/mol. The van der Waals surface area contributed by atoms with Crippen molar-refractivity contribution in [2.24, 2.45) is 0 Å². The number of aromatic nitrogens is 2. The van der Waals surface area contributed by atoms with E-state index in [1.807, 2.05) is 0 Å². The van der Waals surface area contributed by atoms with Gasteiger partial charge in [0, 0.05) is 11.9 Å². The molecule has 1 aromatic rings. The summed E-state index contributed by atoms with van der Waals surface area (Å²) >= 11 is 0. The van der Waals surface area contributed by atoms with Crippen molar-refractivity contribution < 1.29 is 19.4 Å². The highest BCUT2D eigenvalue weighted by molar-refractivity contribution is 5.79. The summed E-state index contributed by atoms with van der Waals surface area (Å²) < 4.78 is 5.23. The minimum Gasteiger partial charge on any atom is -0.480 e. The quantitative estimate of drug-likeness (QED) is 0.748. The van der Waals surface area contributed by atoms with Crippen molar-refractivity contribution in [3.63, 3.8) is 0 Å². The topological polar surface area (TPSA) is 95.5 Å². The Kier molecular flexibility index (Phi) is 3.33. The lowest BCUT2D eigenvalue weighted by Gasteiger charge is -2.47. The molecule has 7 nitrogen and oxygen atoms in total. The normalized spacial score (nSPS) is 17.3. The molecule has 1 aromatic heterocycles. The number of carbonyl (C=O) groups is 2. The van der Waals surface area contributed by atoms with E-state index < -0.39 is 11.6 Å². The largest absolute Gasteiger partial charge is 0.480 e. The highest BCUT2D eigenvalue weighted by Gasteiger charge is 2.42. The summed E-state index contributed by atoms with van der Waals surface area (Å²) in [5.74, 6) is -1.02. The molecule has 2 rings (SSSR count). The van der Waals surface area contributed by atoms with E-state index in [4.69, 9.17) is 9.84 Å². The van der Waals surface area contributed by atoms with Gasteiger partial charge in [0.05, 0.1) is 19.5 Å². The van der Waals surface area contributed by atoms with Crippen molar-refractivity contribution in [3.05, 3.63) is 18.0 Å². The molecule has 0 radical (unpaired) electrons. The summed E-state index contributed by atoms with van der Waals surface area (Å²) in [6.45, 7) is 2.31. The Labute approximate surface area is 104 Å². The lowest BCUT2D eigenvalue weighted by Crippen LogP contribution is -2.63. The number of hydrogen-bond acceptors (Lipinski definition) is 4. The van der Waals surface area contributed by atoms with Gasteiger partial charge in [-0.15, -0.1) is 0 Å². The van der Waals surface area contributed by atoms with Gasteiger partial charge in [-0.25, -0.2) is 4.79 Å². The van der Waals surface area contributed by atoms with E-state index in [9.17, 15) is 9.59 Å². The Balaban J connectivity index is 1.77. The predicted octanol–water partition coefficient (Wildman–Crippen LogP) is -0.346. The zero-order valence-electron chi connectivity index (χ0n) is 10.0. The van der Waals surface area contributed by atoms with Crippen LogP contribution in [0.2, 0.25) is 0 Å². The second kappa shape index (κ2) is 4.77. The Morgan fingerprint density at radius 1 is 1.61 bits per heavy atom. The molecule has 1 amide bonds. The van der Waals surface area contributed by atoms with E-state index in [0.717, 1.165) is 5.69 Å². The van der Waals surface area contributed by atoms with E-state index in [0.29, 0.717) is 13.1 Å². The number of rotatable bonds is 5. The third-order valence-electron chi connectivity index (χ3n) is 2.85. The molecule has 1 saturated heterocycles. The molecule has 0 aliphatic carbocycles. The smallest absolute Gasteiger partial charge is 0.329 e. The number of H-pyrrole nitrogens is 1. The minimum atomic E-state index is -1.00. The van der Waals surface area contributed by atoms with Crippen molar-refractivity contribution in [1.82, 2.24) is 15.1 Å². The number of carbonyl (C=O) groups excluding carboxylic acids is 1. The second-order valence-electron chi connectivity index (χ2n) is 4.64. The molecular formula is C11H15N3O4. The Bertz CT molecular complexity index is 437. The number of nitrogens with zero attached hydrogens (tertiary/aromatic N) is 2. The molecule has 1 aliphatic rings. The van der Waals surface area contributed by atoms with Crippen LogP contribution in [0.3, 0.4) is 0 Å². The number of aromatic amines is 1. The fourth-order valence-electron chi connectivity index (χ4n) is 1.92. The number of nitrogens with one attached hydrogen (secondary N) is 1. The van der Waals surface area contributed by atoms with Crippen LogP contribution in [0.25, 0.3) is 0 Å². The summed E-state index contributed by atoms with van der Waals surface area (Å²) in [5, 5.41) is 15.0. The van der Waals surface area contributed by atoms with Gasteiger partial charge in [-0.05, 0) is 13.0 Å². The Morgan fingerprint density at radius 3 is 2.89 bits per heavy atom. The number of hydrogen-bond donors (Lipinski definition) is 2. The Hall–Kier alpha value is -1.89. The number of amides is 1. The van der Waals surface area contributed by atoms with Gasteiger partial charge in [-0.2, -0.15) is 5.10 Å². The number of carboxylic acids is 1. The van der Waals surface area contributed by atoms with Gasteiger partial charge in [0.15, 0.2) is 0 Å². The van der Waals surface area contributed by atoms with Crippen LogP contribution in [0, 0.1) is 0 Å². The molecule has 18 heavy (non-hydrogen) atoms. The maximum absolute atomic E-state index is 11.8. The molecule has 0 bridgehead atoms. The molecule has 0 atom stereocenters. The summed E-state index contributed by atoms with van der Waals surface area (Å²) in [7, 11) is 0. The van der Waals surface area contributed by atoms with E-state index in [2.05, 4.69) is 10.2 Å². The van der Waals surface area contributed by atoms with Crippen molar-refractivity contribution in [1.29, 1.82) is 0 Å². The lowest BCUT2D eigenvalue weighted by atomic mass is 9.96. The fraction of sp³-hybridized carbons (Fsp3) is 0.545. The molecule has 2 heterocycles. The minimum absolute atomic E-state index is 0.0179. The number of carboxylic acid groups (broad SMARTS) is 1. The van der Waals surface area contributed by atoms with Gasteiger partial charge in [0.1, 0.15) is 12.2 Å². The molecule has 0 spiro atoms. The monoisotopic (exact) mass is 253 g/mol. The van der Waals surface area contributed by atoms with Crippen LogP contribution in [0.5, 0.6) is 0 Å². The van der Waals surface area contributed by atoms with Crippen LogP contribution in [-0.4, -0.2) is 57.4 Å². The first-order valence-electron chi connectivity index (χ1n) is 5.60. The van der Waals surface area contributed by atoms with Crippen molar-refractivity contribution >= 4 is 11.9 Å². The predicted molar refractivity (Wildman–Crippen MR) is 60.9 cm³/mol. The van der Waals surface area contributed by atoms with Crippen LogP contribution in [-0.2, 0) is 20.7 Å². The molecule has 7 heteroatoms. The van der Waals surface area contributed by atoms with E-state index in [1.54, 1.807) is 24.1 Å². The molecule has 0 aromatic carbocycles. The van der Waals surface area contributed by atoms with Crippen molar-refractivity contribution in [3.8, 4) is 0 Å². The van der Waals surface area contributed by atoms with Gasteiger partial charge in [-0.3, -0.25) is 9.89 Å². The van der Waals surface area contributed by atoms with Gasteiger partial charge in [0.25, 0.3) is 0 Å². The first-order chi connectivity index (χ1) is 8.48. The van der Waals surface area contributed by atoms with Crippen LogP contribution in [0.4, 0.5) is 0 Å². The van der Waals surface area contributed by atoms with Gasteiger partial charge < -0.3 is 14.7 Å². The van der Waals surface area contributed by atoms with E-state index in [1.165, 1.54) is 0 Å². The van der Waals surface area contributed by atoms with Crippen LogP contribution in [0.15, 0.2) is 12.3 Å². The van der Waals surface area contributed by atoms with Gasteiger partial charge in [0.2, 0.25) is 5.91 Å². The standard InChI is InChI=1S/C11H15N3O4/c1-11(18-5-10(16)17)6-14(7-11)9(15)4-8-2-3-12-13-8/h2-3H,4-7H2,1H3,(H,12,13)(H,16,17). The average Bonchev–Trinajstić information content (AvgIpc) is 2.75. The molecule has 1 fully saturated rings. The molecule has 0 unspecified atom stereocenters. The summed E-state index contributed by atoms with van der Waals surface area (Å²) in [4.78, 5) is 23.9. The zero-order chi connectivity index (χ0) is 13.2. The Morgan fingerprint density at radius 2 is 2.33 bits per heavy atom. The van der Waals surface area contributed by atoms with Crippen LogP contribution in [0.1, 0.15) is 12.6 Å². The first-order valence-corrected chi connectivity index (χ1v) is 5.60. The molecule has 2 N–H and O–H groups in total. The van der Waals surface area contributed by atoms with Crippen molar-refractivity contribution in [2.75, 3.05) is 19.7 Å². The number of likely N-dealkylation sites (tertiary alicyclic amines) is 1. The summed E-state index contributed by atoms with van der Waals surface area (Å²) in [6, 6.07) is 1.75. The summed E-state index contributed by atoms with van der Waals surface area (Å²) in [6.07, 6.45) is 1.87. The van der Waals surface area contributed by atoms with Gasteiger partial charge in [-0.1, -0.05) is 0 Å². The SMILES string of the molecule is CC1(OCC(=O)O)CN(C(=O)Cc2ccn[nH]2)C1. The maximum atomic E-state index is 11.8. The highest BCUT2D eigenvalue weighted by atomic mass is 16.5. The highest BCUT2D eigenvalue weighted by Crippen LogP contribution is 2.25. The maximum Gasteiger partial charge on any atom is 0.329 e. The third kappa shape index (κ3) is 2.86. The first kappa shape index (κ1) is 12.6. The number of ether oxygens (including phenoxy) is 1. The molecule has 1 aliphatic heterocycles.